The summed E-state index contributed by atoms with van der Waals surface area (Å²) in [5.74, 6) is -0.362. The number of carbonyl (C=O) groups is 1. The highest BCUT2D eigenvalue weighted by molar-refractivity contribution is 5.80. The van der Waals surface area contributed by atoms with E-state index < -0.39 is 11.7 Å². The summed E-state index contributed by atoms with van der Waals surface area (Å²) in [5, 5.41) is 0. The molecule has 0 radical (unpaired) electrons. The smallest absolute Gasteiger partial charge is 0.326 e. The topological polar surface area (TPSA) is 29.5 Å². The van der Waals surface area contributed by atoms with E-state index >= 15 is 0 Å². The number of carbonyl (C=O) groups excluding carboxylic acids is 1. The van der Waals surface area contributed by atoms with Crippen LogP contribution in [0.25, 0.3) is 0 Å². The number of rotatable bonds is 3. The molecule has 1 aromatic carbocycles. The second-order valence-corrected chi connectivity index (χ2v) is 4.93. The molecule has 1 unspecified atom stereocenters. The SMILES string of the molecule is COC(=O)C1(C)C[C@H](F)CN1Cc1ccccc1. The maximum atomic E-state index is 13.6. The van der Waals surface area contributed by atoms with Crippen LogP contribution < -0.4 is 0 Å². The van der Waals surface area contributed by atoms with Gasteiger partial charge in [0.15, 0.2) is 0 Å². The van der Waals surface area contributed by atoms with Crippen LogP contribution in [0, 0.1) is 0 Å². The van der Waals surface area contributed by atoms with Crippen molar-refractivity contribution in [3.8, 4) is 0 Å². The van der Waals surface area contributed by atoms with Gasteiger partial charge >= 0.3 is 5.97 Å². The highest BCUT2D eigenvalue weighted by Gasteiger charge is 2.48. The Bertz CT molecular complexity index is 423. The van der Waals surface area contributed by atoms with Crippen molar-refractivity contribution in [2.45, 2.75) is 31.6 Å². The molecular weight excluding hydrogens is 233 g/mol. The Balaban J connectivity index is 2.18. The fourth-order valence-corrected chi connectivity index (χ4v) is 2.54. The van der Waals surface area contributed by atoms with Crippen LogP contribution >= 0.6 is 0 Å². The summed E-state index contributed by atoms with van der Waals surface area (Å²) in [7, 11) is 1.35. The first-order valence-corrected chi connectivity index (χ1v) is 6.08. The molecule has 1 aliphatic heterocycles. The molecule has 0 spiro atoms. The Morgan fingerprint density at radius 1 is 1.50 bits per heavy atom. The highest BCUT2D eigenvalue weighted by atomic mass is 19.1. The van der Waals surface area contributed by atoms with Crippen LogP contribution in [0.4, 0.5) is 4.39 Å². The number of esters is 1. The van der Waals surface area contributed by atoms with Crippen molar-refractivity contribution in [1.29, 1.82) is 0 Å². The maximum absolute atomic E-state index is 13.6. The van der Waals surface area contributed by atoms with Gasteiger partial charge in [-0.2, -0.15) is 0 Å². The van der Waals surface area contributed by atoms with E-state index in [1.165, 1.54) is 7.11 Å². The first kappa shape index (κ1) is 13.0. The van der Waals surface area contributed by atoms with Gasteiger partial charge in [0.25, 0.3) is 0 Å². The van der Waals surface area contributed by atoms with Crippen molar-refractivity contribution in [1.82, 2.24) is 4.90 Å². The highest BCUT2D eigenvalue weighted by Crippen LogP contribution is 2.33. The van der Waals surface area contributed by atoms with Gasteiger partial charge in [-0.15, -0.1) is 0 Å². The van der Waals surface area contributed by atoms with Crippen LogP contribution in [0.15, 0.2) is 30.3 Å². The van der Waals surface area contributed by atoms with E-state index in [0.29, 0.717) is 6.54 Å². The summed E-state index contributed by atoms with van der Waals surface area (Å²) < 4.78 is 18.4. The number of ether oxygens (including phenoxy) is 1. The van der Waals surface area contributed by atoms with E-state index in [9.17, 15) is 9.18 Å². The number of hydrogen-bond acceptors (Lipinski definition) is 3. The van der Waals surface area contributed by atoms with Crippen molar-refractivity contribution in [3.63, 3.8) is 0 Å². The zero-order valence-electron chi connectivity index (χ0n) is 10.7. The zero-order chi connectivity index (χ0) is 13.2. The van der Waals surface area contributed by atoms with Gasteiger partial charge in [0.1, 0.15) is 11.7 Å². The van der Waals surface area contributed by atoms with Gasteiger partial charge in [0, 0.05) is 19.5 Å². The van der Waals surface area contributed by atoms with E-state index in [1.54, 1.807) is 6.92 Å². The summed E-state index contributed by atoms with van der Waals surface area (Å²) in [4.78, 5) is 13.7. The number of halogens is 1. The minimum Gasteiger partial charge on any atom is -0.468 e. The van der Waals surface area contributed by atoms with Gasteiger partial charge < -0.3 is 4.74 Å². The molecule has 0 amide bonds. The quantitative estimate of drug-likeness (QED) is 0.771. The molecule has 1 aromatic rings. The lowest BCUT2D eigenvalue weighted by atomic mass is 9.98. The number of methoxy groups -OCH3 is 1. The van der Waals surface area contributed by atoms with Crippen molar-refractivity contribution in [2.24, 2.45) is 0 Å². The summed E-state index contributed by atoms with van der Waals surface area (Å²) >= 11 is 0. The average Bonchev–Trinajstić information content (AvgIpc) is 2.65. The van der Waals surface area contributed by atoms with Gasteiger partial charge in [-0.05, 0) is 12.5 Å². The van der Waals surface area contributed by atoms with Gasteiger partial charge in [0.05, 0.1) is 7.11 Å². The molecule has 0 aromatic heterocycles. The average molecular weight is 251 g/mol. The van der Waals surface area contributed by atoms with Gasteiger partial charge in [0.2, 0.25) is 0 Å². The summed E-state index contributed by atoms with van der Waals surface area (Å²) in [6.45, 7) is 2.59. The molecular formula is C14H18FNO2. The Hall–Kier alpha value is -1.42. The Morgan fingerprint density at radius 3 is 2.78 bits per heavy atom. The lowest BCUT2D eigenvalue weighted by Gasteiger charge is -2.31. The summed E-state index contributed by atoms with van der Waals surface area (Å²) in [5.41, 5.74) is 0.214. The van der Waals surface area contributed by atoms with E-state index in [1.807, 2.05) is 35.2 Å². The van der Waals surface area contributed by atoms with E-state index in [-0.39, 0.29) is 18.9 Å². The van der Waals surface area contributed by atoms with Crippen molar-refractivity contribution >= 4 is 5.97 Å². The second kappa shape index (κ2) is 5.06. The monoisotopic (exact) mass is 251 g/mol. The number of likely N-dealkylation sites (tertiary alicyclic amines) is 1. The molecule has 18 heavy (non-hydrogen) atoms. The zero-order valence-corrected chi connectivity index (χ0v) is 10.7. The Morgan fingerprint density at radius 2 is 2.17 bits per heavy atom. The minimum absolute atomic E-state index is 0.201. The lowest BCUT2D eigenvalue weighted by Crippen LogP contribution is -2.48. The number of nitrogens with zero attached hydrogens (tertiary/aromatic N) is 1. The fourth-order valence-electron chi connectivity index (χ4n) is 2.54. The summed E-state index contributed by atoms with van der Waals surface area (Å²) in [6.07, 6.45) is -0.773. The molecule has 3 nitrogen and oxygen atoms in total. The third kappa shape index (κ3) is 2.38. The normalized spacial score (nSPS) is 28.3. The van der Waals surface area contributed by atoms with Crippen LogP contribution in [0.3, 0.4) is 0 Å². The standard InChI is InChI=1S/C14H18FNO2/c1-14(13(17)18-2)8-12(15)10-16(14)9-11-6-4-3-5-7-11/h3-7,12H,8-10H2,1-2H3/t12-,14?/m0/s1. The van der Waals surface area contributed by atoms with Gasteiger partial charge in [-0.3, -0.25) is 9.69 Å². The second-order valence-electron chi connectivity index (χ2n) is 4.93. The molecule has 2 rings (SSSR count). The predicted molar refractivity (Wildman–Crippen MR) is 66.8 cm³/mol. The largest absolute Gasteiger partial charge is 0.468 e. The first-order valence-electron chi connectivity index (χ1n) is 6.08. The van der Waals surface area contributed by atoms with Crippen molar-refractivity contribution < 1.29 is 13.9 Å². The molecule has 2 atom stereocenters. The molecule has 0 N–H and O–H groups in total. The molecule has 1 fully saturated rings. The molecule has 1 heterocycles. The van der Waals surface area contributed by atoms with Crippen molar-refractivity contribution in [2.75, 3.05) is 13.7 Å². The summed E-state index contributed by atoms with van der Waals surface area (Å²) in [6, 6.07) is 9.76. The minimum atomic E-state index is -0.974. The fraction of sp³-hybridized carbons (Fsp3) is 0.500. The van der Waals surface area contributed by atoms with Crippen LogP contribution in [-0.4, -0.2) is 36.2 Å². The van der Waals surface area contributed by atoms with E-state index in [2.05, 4.69) is 0 Å². The van der Waals surface area contributed by atoms with Gasteiger partial charge in [-0.25, -0.2) is 4.39 Å². The Labute approximate surface area is 107 Å². The van der Waals surface area contributed by atoms with Gasteiger partial charge in [-0.1, -0.05) is 30.3 Å². The predicted octanol–water partition coefficient (Wildman–Crippen LogP) is 2.16. The Kier molecular flexibility index (Phi) is 3.66. The molecule has 4 heteroatoms. The molecule has 1 aliphatic rings. The van der Waals surface area contributed by atoms with Crippen LogP contribution in [0.5, 0.6) is 0 Å². The van der Waals surface area contributed by atoms with Crippen LogP contribution in [0.2, 0.25) is 0 Å². The molecule has 1 saturated heterocycles. The first-order chi connectivity index (χ1) is 8.56. The van der Waals surface area contributed by atoms with Crippen LogP contribution in [-0.2, 0) is 16.1 Å². The molecule has 0 saturated carbocycles. The lowest BCUT2D eigenvalue weighted by molar-refractivity contribution is -0.152. The van der Waals surface area contributed by atoms with E-state index in [4.69, 9.17) is 4.74 Å². The number of alkyl halides is 1. The molecule has 0 aliphatic carbocycles. The number of hydrogen-bond donors (Lipinski definition) is 0. The van der Waals surface area contributed by atoms with Crippen LogP contribution in [0.1, 0.15) is 18.9 Å². The van der Waals surface area contributed by atoms with Crippen molar-refractivity contribution in [3.05, 3.63) is 35.9 Å². The third-order valence-corrected chi connectivity index (χ3v) is 3.58. The number of benzene rings is 1. The third-order valence-electron chi connectivity index (χ3n) is 3.58. The molecule has 98 valence electrons. The maximum Gasteiger partial charge on any atom is 0.326 e. The molecule has 0 bridgehead atoms. The van der Waals surface area contributed by atoms with E-state index in [0.717, 1.165) is 5.56 Å².